The first-order valence-corrected chi connectivity index (χ1v) is 9.22. The number of nitrogens with one attached hydrogen (secondary N) is 2. The maximum Gasteiger partial charge on any atom is 0.223 e. The molecular formula is C21H21N7O. The molecule has 0 aliphatic rings. The van der Waals surface area contributed by atoms with Crippen LogP contribution in [0.5, 0.6) is 0 Å². The molecule has 1 aromatic carbocycles. The Morgan fingerprint density at radius 3 is 2.66 bits per heavy atom. The van der Waals surface area contributed by atoms with Gasteiger partial charge in [0.2, 0.25) is 5.95 Å². The number of pyridine rings is 1. The standard InChI is InChI=1S/C21H21N7O/c1-13-11-15(12-25-19(13)22)17-18(16-7-8-23-21(26-16)24-9-10-29)28-20(27-17)14-5-3-2-4-6-14/h2-8,11-12,29H,9-10H2,1H3,(H2,22,25)(H,27,28)(H,23,24,26). The molecule has 0 saturated heterocycles. The van der Waals surface area contributed by atoms with Crippen LogP contribution < -0.4 is 11.1 Å². The number of nitrogen functional groups attached to an aromatic ring is 1. The fraction of sp³-hybridized carbons (Fsp3) is 0.143. The maximum absolute atomic E-state index is 9.03. The molecule has 0 saturated carbocycles. The van der Waals surface area contributed by atoms with Crippen LogP contribution in [0, 0.1) is 6.92 Å². The number of aromatic amines is 1. The molecule has 0 radical (unpaired) electrons. The highest BCUT2D eigenvalue weighted by Crippen LogP contribution is 2.33. The van der Waals surface area contributed by atoms with Crippen LogP contribution >= 0.6 is 0 Å². The molecule has 0 amide bonds. The van der Waals surface area contributed by atoms with Crippen molar-refractivity contribution in [3.05, 3.63) is 60.4 Å². The van der Waals surface area contributed by atoms with Gasteiger partial charge in [0.05, 0.1) is 23.7 Å². The number of nitrogens with zero attached hydrogens (tertiary/aromatic N) is 4. The van der Waals surface area contributed by atoms with E-state index in [9.17, 15) is 0 Å². The zero-order chi connectivity index (χ0) is 20.2. The van der Waals surface area contributed by atoms with Crippen molar-refractivity contribution in [3.63, 3.8) is 0 Å². The van der Waals surface area contributed by atoms with Crippen molar-refractivity contribution in [2.24, 2.45) is 0 Å². The van der Waals surface area contributed by atoms with Gasteiger partial charge < -0.3 is 21.1 Å². The second kappa shape index (κ2) is 8.07. The number of anilines is 2. The van der Waals surface area contributed by atoms with E-state index >= 15 is 0 Å². The normalized spacial score (nSPS) is 10.8. The molecule has 0 spiro atoms. The molecule has 4 aromatic rings. The van der Waals surface area contributed by atoms with Crippen LogP contribution in [0.3, 0.4) is 0 Å². The van der Waals surface area contributed by atoms with Crippen molar-refractivity contribution in [1.29, 1.82) is 0 Å². The molecule has 29 heavy (non-hydrogen) atoms. The lowest BCUT2D eigenvalue weighted by atomic mass is 10.1. The van der Waals surface area contributed by atoms with E-state index in [1.54, 1.807) is 12.4 Å². The number of hydrogen-bond donors (Lipinski definition) is 4. The minimum atomic E-state index is -0.00255. The number of nitrogens with two attached hydrogens (primary N) is 1. The minimum absolute atomic E-state index is 0.00255. The van der Waals surface area contributed by atoms with Gasteiger partial charge in [0, 0.05) is 30.1 Å². The largest absolute Gasteiger partial charge is 0.395 e. The number of hydrogen-bond acceptors (Lipinski definition) is 7. The summed E-state index contributed by atoms with van der Waals surface area (Å²) in [6, 6.07) is 13.7. The zero-order valence-electron chi connectivity index (χ0n) is 15.9. The Morgan fingerprint density at radius 1 is 1.07 bits per heavy atom. The molecule has 3 heterocycles. The number of aliphatic hydroxyl groups excluding tert-OH is 1. The van der Waals surface area contributed by atoms with Crippen LogP contribution in [0.15, 0.2) is 54.9 Å². The molecular weight excluding hydrogens is 366 g/mol. The molecule has 146 valence electrons. The highest BCUT2D eigenvalue weighted by atomic mass is 16.3. The summed E-state index contributed by atoms with van der Waals surface area (Å²) in [6.45, 7) is 2.28. The zero-order valence-corrected chi connectivity index (χ0v) is 15.9. The molecule has 0 fully saturated rings. The van der Waals surface area contributed by atoms with Gasteiger partial charge in [0.1, 0.15) is 11.6 Å². The molecule has 0 bridgehead atoms. The number of aryl methyl sites for hydroxylation is 1. The monoisotopic (exact) mass is 387 g/mol. The summed E-state index contributed by atoms with van der Waals surface area (Å²) >= 11 is 0. The average Bonchev–Trinajstić information content (AvgIpc) is 3.21. The summed E-state index contributed by atoms with van der Waals surface area (Å²) in [7, 11) is 0. The van der Waals surface area contributed by atoms with Gasteiger partial charge in [-0.1, -0.05) is 30.3 Å². The van der Waals surface area contributed by atoms with E-state index in [1.807, 2.05) is 49.4 Å². The van der Waals surface area contributed by atoms with Gasteiger partial charge in [0.25, 0.3) is 0 Å². The maximum atomic E-state index is 9.03. The van der Waals surface area contributed by atoms with Crippen LogP contribution in [-0.2, 0) is 0 Å². The van der Waals surface area contributed by atoms with Crippen LogP contribution in [0.4, 0.5) is 11.8 Å². The Bertz CT molecular complexity index is 1130. The minimum Gasteiger partial charge on any atom is -0.395 e. The molecule has 8 nitrogen and oxygen atoms in total. The number of aliphatic hydroxyl groups is 1. The van der Waals surface area contributed by atoms with Crippen molar-refractivity contribution in [1.82, 2.24) is 24.9 Å². The Morgan fingerprint density at radius 2 is 1.90 bits per heavy atom. The van der Waals surface area contributed by atoms with Crippen molar-refractivity contribution < 1.29 is 5.11 Å². The molecule has 4 rings (SSSR count). The third-order valence-corrected chi connectivity index (χ3v) is 4.45. The van der Waals surface area contributed by atoms with Crippen molar-refractivity contribution in [2.75, 3.05) is 24.2 Å². The number of H-pyrrole nitrogens is 1. The Balaban J connectivity index is 1.85. The lowest BCUT2D eigenvalue weighted by molar-refractivity contribution is 0.311. The second-order valence-electron chi connectivity index (χ2n) is 6.52. The van der Waals surface area contributed by atoms with Crippen molar-refractivity contribution in [2.45, 2.75) is 6.92 Å². The fourth-order valence-electron chi connectivity index (χ4n) is 2.97. The molecule has 8 heteroatoms. The molecule has 3 aromatic heterocycles. The SMILES string of the molecule is Cc1cc(-c2nc(-c3ccccc3)[nH]c2-c2ccnc(NCCO)n2)cnc1N. The third kappa shape index (κ3) is 3.92. The van der Waals surface area contributed by atoms with E-state index in [0.29, 0.717) is 24.0 Å². The van der Waals surface area contributed by atoms with E-state index in [1.165, 1.54) is 0 Å². The molecule has 0 aliphatic carbocycles. The van der Waals surface area contributed by atoms with E-state index in [0.717, 1.165) is 33.9 Å². The Labute approximate surface area is 167 Å². The number of aromatic nitrogens is 5. The lowest BCUT2D eigenvalue weighted by Gasteiger charge is -2.07. The first kappa shape index (κ1) is 18.6. The Hall–Kier alpha value is -3.78. The molecule has 5 N–H and O–H groups in total. The number of rotatable bonds is 6. The quantitative estimate of drug-likeness (QED) is 0.401. The van der Waals surface area contributed by atoms with Gasteiger partial charge >= 0.3 is 0 Å². The number of benzene rings is 1. The second-order valence-corrected chi connectivity index (χ2v) is 6.52. The summed E-state index contributed by atoms with van der Waals surface area (Å²) < 4.78 is 0. The van der Waals surface area contributed by atoms with Crippen molar-refractivity contribution >= 4 is 11.8 Å². The smallest absolute Gasteiger partial charge is 0.223 e. The van der Waals surface area contributed by atoms with Gasteiger partial charge in [-0.05, 0) is 24.6 Å². The molecule has 0 atom stereocenters. The van der Waals surface area contributed by atoms with E-state index < -0.39 is 0 Å². The van der Waals surface area contributed by atoms with E-state index in [-0.39, 0.29) is 6.61 Å². The summed E-state index contributed by atoms with van der Waals surface area (Å²) in [5.74, 6) is 1.66. The highest BCUT2D eigenvalue weighted by molar-refractivity contribution is 5.80. The lowest BCUT2D eigenvalue weighted by Crippen LogP contribution is -2.08. The highest BCUT2D eigenvalue weighted by Gasteiger charge is 2.17. The van der Waals surface area contributed by atoms with Crippen molar-refractivity contribution in [3.8, 4) is 34.0 Å². The summed E-state index contributed by atoms with van der Waals surface area (Å²) in [6.07, 6.45) is 3.38. The summed E-state index contributed by atoms with van der Waals surface area (Å²) in [5, 5.41) is 12.0. The van der Waals surface area contributed by atoms with E-state index in [2.05, 4.69) is 25.3 Å². The Kier molecular flexibility index (Phi) is 5.17. The van der Waals surface area contributed by atoms with Gasteiger partial charge in [0.15, 0.2) is 0 Å². The summed E-state index contributed by atoms with van der Waals surface area (Å²) in [5.41, 5.74) is 10.7. The van der Waals surface area contributed by atoms with Gasteiger partial charge in [-0.15, -0.1) is 0 Å². The fourth-order valence-corrected chi connectivity index (χ4v) is 2.97. The first-order chi connectivity index (χ1) is 14.2. The van der Waals surface area contributed by atoms with Crippen LogP contribution in [0.1, 0.15) is 5.56 Å². The predicted octanol–water partition coefficient (Wildman–Crippen LogP) is 2.89. The van der Waals surface area contributed by atoms with Gasteiger partial charge in [-0.2, -0.15) is 0 Å². The predicted molar refractivity (Wildman–Crippen MR) is 113 cm³/mol. The van der Waals surface area contributed by atoms with Crippen LogP contribution in [-0.4, -0.2) is 43.2 Å². The number of imidazole rings is 1. The first-order valence-electron chi connectivity index (χ1n) is 9.22. The molecule has 0 unspecified atom stereocenters. The topological polar surface area (TPSA) is 126 Å². The average molecular weight is 387 g/mol. The van der Waals surface area contributed by atoms with Crippen LogP contribution in [0.2, 0.25) is 0 Å². The van der Waals surface area contributed by atoms with Crippen LogP contribution in [0.25, 0.3) is 34.0 Å². The van der Waals surface area contributed by atoms with Gasteiger partial charge in [-0.25, -0.2) is 19.9 Å². The van der Waals surface area contributed by atoms with E-state index in [4.69, 9.17) is 15.8 Å². The molecule has 0 aliphatic heterocycles. The van der Waals surface area contributed by atoms with Gasteiger partial charge in [-0.3, -0.25) is 0 Å². The third-order valence-electron chi connectivity index (χ3n) is 4.45. The summed E-state index contributed by atoms with van der Waals surface area (Å²) in [4.78, 5) is 21.3.